The number of pyridine rings is 1. The Kier molecular flexibility index (Phi) is 7.08. The van der Waals surface area contributed by atoms with Crippen LogP contribution in [-0.4, -0.2) is 4.98 Å². The topological polar surface area (TPSA) is 24.9 Å². The van der Waals surface area contributed by atoms with Crippen LogP contribution < -0.4 is 5.32 Å². The standard InChI is InChI=1S/C26H18Cl3F3N2/c1-15-2-3-17(13-33-15)22-10-18(26(30,31)32)11-24(28)23(22)14-34-20-7-4-16(5-8-20)21-9-6-19(27)12-25(21)29/h2-13,34H,14H2,1H3. The van der Waals surface area contributed by atoms with E-state index < -0.39 is 11.7 Å². The SMILES string of the molecule is Cc1ccc(-c2cc(C(F)(F)F)cc(Cl)c2CNc2ccc(-c3ccc(Cl)cc3Cl)cc2)cn1. The highest BCUT2D eigenvalue weighted by Gasteiger charge is 2.32. The number of alkyl halides is 3. The van der Waals surface area contributed by atoms with Crippen molar-refractivity contribution in [1.82, 2.24) is 4.98 Å². The Morgan fingerprint density at radius 3 is 2.12 bits per heavy atom. The molecule has 0 amide bonds. The lowest BCUT2D eigenvalue weighted by Crippen LogP contribution is -2.08. The Morgan fingerprint density at radius 2 is 1.50 bits per heavy atom. The van der Waals surface area contributed by atoms with Gasteiger partial charge in [0, 0.05) is 50.3 Å². The van der Waals surface area contributed by atoms with Gasteiger partial charge < -0.3 is 5.32 Å². The summed E-state index contributed by atoms with van der Waals surface area (Å²) in [4.78, 5) is 4.22. The first-order valence-electron chi connectivity index (χ1n) is 10.2. The zero-order chi connectivity index (χ0) is 24.5. The number of anilines is 1. The summed E-state index contributed by atoms with van der Waals surface area (Å²) in [5.41, 5.74) is 3.97. The lowest BCUT2D eigenvalue weighted by atomic mass is 9.97. The van der Waals surface area contributed by atoms with Gasteiger partial charge in [-0.3, -0.25) is 4.98 Å². The first kappa shape index (κ1) is 24.4. The van der Waals surface area contributed by atoms with E-state index in [1.54, 1.807) is 30.5 Å². The largest absolute Gasteiger partial charge is 0.416 e. The molecule has 4 aromatic rings. The molecule has 1 N–H and O–H groups in total. The van der Waals surface area contributed by atoms with Gasteiger partial charge in [-0.05, 0) is 66.1 Å². The number of rotatable bonds is 5. The van der Waals surface area contributed by atoms with E-state index >= 15 is 0 Å². The average molecular weight is 522 g/mol. The van der Waals surface area contributed by atoms with E-state index in [0.29, 0.717) is 26.7 Å². The molecule has 0 aliphatic heterocycles. The van der Waals surface area contributed by atoms with Crippen molar-refractivity contribution in [2.75, 3.05) is 5.32 Å². The minimum absolute atomic E-state index is 0.0301. The van der Waals surface area contributed by atoms with Gasteiger partial charge in [0.2, 0.25) is 0 Å². The fourth-order valence-electron chi connectivity index (χ4n) is 3.55. The Hall–Kier alpha value is -2.73. The van der Waals surface area contributed by atoms with Crippen LogP contribution in [0.3, 0.4) is 0 Å². The Bertz CT molecular complexity index is 1320. The molecular formula is C26H18Cl3F3N2. The molecular weight excluding hydrogens is 504 g/mol. The van der Waals surface area contributed by atoms with E-state index in [4.69, 9.17) is 34.8 Å². The van der Waals surface area contributed by atoms with Gasteiger partial charge in [-0.25, -0.2) is 0 Å². The number of aryl methyl sites for hydroxylation is 1. The quantitative estimate of drug-likeness (QED) is 0.283. The number of nitrogens with zero attached hydrogens (tertiary/aromatic N) is 1. The lowest BCUT2D eigenvalue weighted by molar-refractivity contribution is -0.137. The summed E-state index contributed by atoms with van der Waals surface area (Å²) in [6, 6.07) is 18.4. The summed E-state index contributed by atoms with van der Waals surface area (Å²) in [6.07, 6.45) is -2.96. The summed E-state index contributed by atoms with van der Waals surface area (Å²) in [5.74, 6) is 0. The van der Waals surface area contributed by atoms with E-state index in [1.807, 2.05) is 37.3 Å². The third-order valence-electron chi connectivity index (χ3n) is 5.34. The van der Waals surface area contributed by atoms with E-state index in [0.717, 1.165) is 34.6 Å². The molecule has 8 heteroatoms. The molecule has 0 saturated carbocycles. The summed E-state index contributed by atoms with van der Waals surface area (Å²) in [6.45, 7) is 2.04. The summed E-state index contributed by atoms with van der Waals surface area (Å²) < 4.78 is 40.3. The molecule has 0 saturated heterocycles. The molecule has 4 rings (SSSR count). The lowest BCUT2D eigenvalue weighted by Gasteiger charge is -2.17. The van der Waals surface area contributed by atoms with Crippen molar-refractivity contribution in [3.05, 3.63) is 105 Å². The van der Waals surface area contributed by atoms with Gasteiger partial charge in [0.1, 0.15) is 0 Å². The van der Waals surface area contributed by atoms with Crippen LogP contribution >= 0.6 is 34.8 Å². The minimum atomic E-state index is -4.51. The van der Waals surface area contributed by atoms with Crippen LogP contribution in [0.15, 0.2) is 72.9 Å². The molecule has 1 aromatic heterocycles. The number of hydrogen-bond donors (Lipinski definition) is 1. The highest BCUT2D eigenvalue weighted by molar-refractivity contribution is 6.36. The van der Waals surface area contributed by atoms with Crippen molar-refractivity contribution in [3.8, 4) is 22.3 Å². The molecule has 1 heterocycles. The van der Waals surface area contributed by atoms with Gasteiger partial charge in [0.25, 0.3) is 0 Å². The summed E-state index contributed by atoms with van der Waals surface area (Å²) in [7, 11) is 0. The fourth-order valence-corrected chi connectivity index (χ4v) is 4.35. The Labute approximate surface area is 210 Å². The molecule has 3 aromatic carbocycles. The van der Waals surface area contributed by atoms with Crippen LogP contribution in [0.1, 0.15) is 16.8 Å². The number of aromatic nitrogens is 1. The van der Waals surface area contributed by atoms with Gasteiger partial charge in [0.15, 0.2) is 0 Å². The van der Waals surface area contributed by atoms with Crippen molar-refractivity contribution in [2.45, 2.75) is 19.6 Å². The van der Waals surface area contributed by atoms with E-state index in [-0.39, 0.29) is 11.6 Å². The van der Waals surface area contributed by atoms with Crippen molar-refractivity contribution >= 4 is 40.5 Å². The van der Waals surface area contributed by atoms with Crippen molar-refractivity contribution in [1.29, 1.82) is 0 Å². The maximum atomic E-state index is 13.4. The second kappa shape index (κ2) is 9.87. The highest BCUT2D eigenvalue weighted by Crippen LogP contribution is 2.38. The molecule has 0 bridgehead atoms. The van der Waals surface area contributed by atoms with E-state index in [9.17, 15) is 13.2 Å². The Balaban J connectivity index is 1.63. The van der Waals surface area contributed by atoms with Crippen molar-refractivity contribution < 1.29 is 13.2 Å². The second-order valence-electron chi connectivity index (χ2n) is 7.73. The number of halogens is 6. The second-order valence-corrected chi connectivity index (χ2v) is 8.98. The first-order valence-corrected chi connectivity index (χ1v) is 11.4. The highest BCUT2D eigenvalue weighted by atomic mass is 35.5. The molecule has 0 atom stereocenters. The molecule has 0 spiro atoms. The van der Waals surface area contributed by atoms with Crippen LogP contribution in [0.5, 0.6) is 0 Å². The van der Waals surface area contributed by atoms with Crippen molar-refractivity contribution in [3.63, 3.8) is 0 Å². The van der Waals surface area contributed by atoms with Crippen LogP contribution in [0, 0.1) is 6.92 Å². The van der Waals surface area contributed by atoms with Crippen LogP contribution in [0.2, 0.25) is 15.1 Å². The average Bonchev–Trinajstić information content (AvgIpc) is 2.78. The summed E-state index contributed by atoms with van der Waals surface area (Å²) >= 11 is 18.6. The summed E-state index contributed by atoms with van der Waals surface area (Å²) in [5, 5.41) is 4.37. The minimum Gasteiger partial charge on any atom is -0.381 e. The van der Waals surface area contributed by atoms with Crippen LogP contribution in [0.25, 0.3) is 22.3 Å². The van der Waals surface area contributed by atoms with E-state index in [1.165, 1.54) is 0 Å². The molecule has 174 valence electrons. The van der Waals surface area contributed by atoms with Gasteiger partial charge >= 0.3 is 6.18 Å². The fraction of sp³-hybridized carbons (Fsp3) is 0.115. The normalized spacial score (nSPS) is 11.5. The predicted octanol–water partition coefficient (Wildman–Crippen LogP) is 9.32. The van der Waals surface area contributed by atoms with E-state index in [2.05, 4.69) is 10.3 Å². The van der Waals surface area contributed by atoms with Gasteiger partial charge in [-0.2, -0.15) is 13.2 Å². The third kappa shape index (κ3) is 5.49. The molecule has 0 fully saturated rings. The monoisotopic (exact) mass is 520 g/mol. The van der Waals surface area contributed by atoms with Crippen molar-refractivity contribution in [2.24, 2.45) is 0 Å². The zero-order valence-corrected chi connectivity index (χ0v) is 20.1. The molecule has 2 nitrogen and oxygen atoms in total. The molecule has 0 aliphatic rings. The molecule has 34 heavy (non-hydrogen) atoms. The predicted molar refractivity (Wildman–Crippen MR) is 134 cm³/mol. The molecule has 0 aliphatic carbocycles. The number of hydrogen-bond acceptors (Lipinski definition) is 2. The smallest absolute Gasteiger partial charge is 0.381 e. The van der Waals surface area contributed by atoms with Gasteiger partial charge in [-0.1, -0.05) is 59.1 Å². The van der Waals surface area contributed by atoms with Crippen LogP contribution in [0.4, 0.5) is 18.9 Å². The Morgan fingerprint density at radius 1 is 0.794 bits per heavy atom. The maximum Gasteiger partial charge on any atom is 0.416 e. The number of nitrogens with one attached hydrogen (secondary N) is 1. The number of benzene rings is 3. The molecule has 0 radical (unpaired) electrons. The van der Waals surface area contributed by atoms with Gasteiger partial charge in [-0.15, -0.1) is 0 Å². The zero-order valence-electron chi connectivity index (χ0n) is 17.9. The maximum absolute atomic E-state index is 13.4. The molecule has 0 unspecified atom stereocenters. The third-order valence-corrected chi connectivity index (χ3v) is 6.23. The first-order chi connectivity index (χ1) is 16.1. The van der Waals surface area contributed by atoms with Crippen LogP contribution in [-0.2, 0) is 12.7 Å². The van der Waals surface area contributed by atoms with Gasteiger partial charge in [0.05, 0.1) is 5.56 Å².